The number of likely N-dealkylation sites (tertiary alicyclic amines) is 1. The number of ether oxygens (including phenoxy) is 1. The summed E-state index contributed by atoms with van der Waals surface area (Å²) in [7, 11) is 0. The summed E-state index contributed by atoms with van der Waals surface area (Å²) in [6.07, 6.45) is -0.687. The Morgan fingerprint density at radius 3 is 2.46 bits per heavy atom. The molecule has 0 aliphatic carbocycles. The standard InChI is InChI=1S/C27H31F3N4O3/c1-18-3-5-21(6-4-18)26(36)33-12-9-20(10-13-33)15-34-16-23-19(2)22(7-8-24(23)32-34)25(35)31-11-14-37-17-27(28,29)30/h3-8,16,20H,9-15,17H2,1-2H3,(H,31,35). The summed E-state index contributed by atoms with van der Waals surface area (Å²) >= 11 is 0. The minimum atomic E-state index is -4.39. The summed E-state index contributed by atoms with van der Waals surface area (Å²) in [6.45, 7) is 4.38. The van der Waals surface area contributed by atoms with E-state index in [0.29, 0.717) is 30.1 Å². The zero-order valence-corrected chi connectivity index (χ0v) is 21.0. The van der Waals surface area contributed by atoms with E-state index in [4.69, 9.17) is 0 Å². The minimum Gasteiger partial charge on any atom is -0.370 e. The number of aryl methyl sites for hydroxylation is 2. The zero-order valence-electron chi connectivity index (χ0n) is 21.0. The van der Waals surface area contributed by atoms with Crippen LogP contribution in [-0.2, 0) is 11.3 Å². The number of nitrogens with one attached hydrogen (secondary N) is 1. The Kier molecular flexibility index (Phi) is 8.16. The Labute approximate surface area is 213 Å². The number of carbonyl (C=O) groups excluding carboxylic acids is 2. The Morgan fingerprint density at radius 1 is 1.08 bits per heavy atom. The van der Waals surface area contributed by atoms with Crippen molar-refractivity contribution in [3.8, 4) is 0 Å². The number of aromatic nitrogens is 2. The first-order chi connectivity index (χ1) is 17.6. The van der Waals surface area contributed by atoms with E-state index in [0.717, 1.165) is 41.4 Å². The number of amides is 2. The second kappa shape index (κ2) is 11.3. The van der Waals surface area contributed by atoms with Gasteiger partial charge in [0.2, 0.25) is 0 Å². The lowest BCUT2D eigenvalue weighted by Gasteiger charge is -2.32. The van der Waals surface area contributed by atoms with Crippen molar-refractivity contribution in [2.45, 2.75) is 39.4 Å². The third-order valence-electron chi connectivity index (χ3n) is 6.69. The van der Waals surface area contributed by atoms with E-state index in [1.165, 1.54) is 0 Å². The van der Waals surface area contributed by atoms with Gasteiger partial charge in [-0.2, -0.15) is 18.3 Å². The normalized spacial score (nSPS) is 14.8. The quantitative estimate of drug-likeness (QED) is 0.447. The number of nitrogens with zero attached hydrogens (tertiary/aromatic N) is 3. The number of hydrogen-bond donors (Lipinski definition) is 1. The van der Waals surface area contributed by atoms with Crippen LogP contribution in [0.5, 0.6) is 0 Å². The van der Waals surface area contributed by atoms with Crippen LogP contribution >= 0.6 is 0 Å². The van der Waals surface area contributed by atoms with Gasteiger partial charge in [0.15, 0.2) is 0 Å². The number of alkyl halides is 3. The van der Waals surface area contributed by atoms with Crippen LogP contribution in [0.15, 0.2) is 42.6 Å². The van der Waals surface area contributed by atoms with Crippen LogP contribution in [0.4, 0.5) is 13.2 Å². The van der Waals surface area contributed by atoms with Crippen molar-refractivity contribution >= 4 is 22.7 Å². The molecular weight excluding hydrogens is 485 g/mol. The number of hydrogen-bond acceptors (Lipinski definition) is 4. The van der Waals surface area contributed by atoms with Gasteiger partial charge in [-0.25, -0.2) is 0 Å². The van der Waals surface area contributed by atoms with Crippen LogP contribution in [0.3, 0.4) is 0 Å². The highest BCUT2D eigenvalue weighted by molar-refractivity contribution is 6.00. The summed E-state index contributed by atoms with van der Waals surface area (Å²) in [6, 6.07) is 11.1. The molecule has 1 aromatic heterocycles. The van der Waals surface area contributed by atoms with Gasteiger partial charge in [-0.1, -0.05) is 17.7 Å². The molecule has 2 amide bonds. The molecule has 3 aromatic rings. The van der Waals surface area contributed by atoms with Crippen LogP contribution in [-0.4, -0.2) is 65.5 Å². The van der Waals surface area contributed by atoms with Crippen molar-refractivity contribution in [2.75, 3.05) is 32.8 Å². The van der Waals surface area contributed by atoms with Crippen molar-refractivity contribution in [1.82, 2.24) is 20.0 Å². The summed E-state index contributed by atoms with van der Waals surface area (Å²) in [5.74, 6) is 0.0844. The average Bonchev–Trinajstić information content (AvgIpc) is 3.27. The van der Waals surface area contributed by atoms with Gasteiger partial charge in [0.1, 0.15) is 6.61 Å². The molecule has 1 aliphatic rings. The third kappa shape index (κ3) is 6.88. The van der Waals surface area contributed by atoms with Crippen LogP contribution < -0.4 is 5.32 Å². The maximum atomic E-state index is 12.8. The van der Waals surface area contributed by atoms with Crippen LogP contribution in [0.1, 0.15) is 44.7 Å². The number of benzene rings is 2. The van der Waals surface area contributed by atoms with E-state index in [1.54, 1.807) is 12.1 Å². The zero-order chi connectivity index (χ0) is 26.6. The maximum absolute atomic E-state index is 12.8. The van der Waals surface area contributed by atoms with Crippen molar-refractivity contribution in [3.63, 3.8) is 0 Å². The highest BCUT2D eigenvalue weighted by Gasteiger charge is 2.27. The summed E-state index contributed by atoms with van der Waals surface area (Å²) in [5, 5.41) is 8.12. The van der Waals surface area contributed by atoms with Crippen LogP contribution in [0.25, 0.3) is 10.9 Å². The highest BCUT2D eigenvalue weighted by Crippen LogP contribution is 2.24. The lowest BCUT2D eigenvalue weighted by atomic mass is 9.96. The molecule has 1 fully saturated rings. The van der Waals surface area contributed by atoms with Crippen LogP contribution in [0.2, 0.25) is 0 Å². The molecule has 10 heteroatoms. The SMILES string of the molecule is Cc1ccc(C(=O)N2CCC(Cn3cc4c(C)c(C(=O)NCCOCC(F)(F)F)ccc4n3)CC2)cc1. The third-order valence-corrected chi connectivity index (χ3v) is 6.69. The largest absolute Gasteiger partial charge is 0.411 e. The molecule has 2 heterocycles. The fraction of sp³-hybridized carbons (Fsp3) is 0.444. The van der Waals surface area contributed by atoms with Gasteiger partial charge in [0.25, 0.3) is 11.8 Å². The molecule has 1 saturated heterocycles. The van der Waals surface area contributed by atoms with E-state index in [1.807, 2.05) is 53.9 Å². The molecule has 0 bridgehead atoms. The van der Waals surface area contributed by atoms with Gasteiger partial charge in [-0.15, -0.1) is 0 Å². The van der Waals surface area contributed by atoms with Crippen LogP contribution in [0, 0.1) is 19.8 Å². The summed E-state index contributed by atoms with van der Waals surface area (Å²) in [4.78, 5) is 27.2. The second-order valence-corrected chi connectivity index (χ2v) is 9.55. The molecule has 0 unspecified atom stereocenters. The second-order valence-electron chi connectivity index (χ2n) is 9.55. The first kappa shape index (κ1) is 26.7. The van der Waals surface area contributed by atoms with E-state index >= 15 is 0 Å². The van der Waals surface area contributed by atoms with Crippen molar-refractivity contribution in [1.29, 1.82) is 0 Å². The number of rotatable bonds is 8. The molecule has 0 radical (unpaired) electrons. The van der Waals surface area contributed by atoms with Crippen molar-refractivity contribution < 1.29 is 27.5 Å². The number of fused-ring (bicyclic) bond motifs is 1. The molecule has 0 spiro atoms. The van der Waals surface area contributed by atoms with Crippen molar-refractivity contribution in [2.24, 2.45) is 5.92 Å². The molecule has 2 aromatic carbocycles. The summed E-state index contributed by atoms with van der Waals surface area (Å²) < 4.78 is 42.9. The predicted molar refractivity (Wildman–Crippen MR) is 133 cm³/mol. The van der Waals surface area contributed by atoms with Gasteiger partial charge in [-0.3, -0.25) is 14.3 Å². The van der Waals surface area contributed by atoms with E-state index in [2.05, 4.69) is 15.2 Å². The van der Waals surface area contributed by atoms with Gasteiger partial charge in [0.05, 0.1) is 12.1 Å². The molecule has 4 rings (SSSR count). The number of halogens is 3. The Balaban J connectivity index is 1.31. The molecule has 1 aliphatic heterocycles. The van der Waals surface area contributed by atoms with E-state index in [-0.39, 0.29) is 25.0 Å². The van der Waals surface area contributed by atoms with Gasteiger partial charge in [0, 0.05) is 48.9 Å². The van der Waals surface area contributed by atoms with Gasteiger partial charge in [-0.05, 0) is 62.4 Å². The molecule has 198 valence electrons. The Hall–Kier alpha value is -3.40. The molecule has 0 saturated carbocycles. The molecule has 1 N–H and O–H groups in total. The minimum absolute atomic E-state index is 0.0171. The molecule has 0 atom stereocenters. The number of carbonyl (C=O) groups is 2. The first-order valence-corrected chi connectivity index (χ1v) is 12.4. The smallest absolute Gasteiger partial charge is 0.370 e. The van der Waals surface area contributed by atoms with Gasteiger partial charge < -0.3 is 15.0 Å². The maximum Gasteiger partial charge on any atom is 0.411 e. The first-order valence-electron chi connectivity index (χ1n) is 12.4. The lowest BCUT2D eigenvalue weighted by Crippen LogP contribution is -2.39. The lowest BCUT2D eigenvalue weighted by molar-refractivity contribution is -0.173. The molecular formula is C27H31F3N4O3. The Bertz CT molecular complexity index is 1250. The highest BCUT2D eigenvalue weighted by atomic mass is 19.4. The Morgan fingerprint density at radius 2 is 1.78 bits per heavy atom. The van der Waals surface area contributed by atoms with Gasteiger partial charge >= 0.3 is 6.18 Å². The van der Waals surface area contributed by atoms with E-state index < -0.39 is 12.8 Å². The summed E-state index contributed by atoms with van der Waals surface area (Å²) in [5.41, 5.74) is 3.82. The molecule has 37 heavy (non-hydrogen) atoms. The van der Waals surface area contributed by atoms with Crippen molar-refractivity contribution in [3.05, 3.63) is 64.8 Å². The fourth-order valence-electron chi connectivity index (χ4n) is 4.60. The fourth-order valence-corrected chi connectivity index (χ4v) is 4.60. The monoisotopic (exact) mass is 516 g/mol. The number of piperidine rings is 1. The topological polar surface area (TPSA) is 76.5 Å². The van der Waals surface area contributed by atoms with E-state index in [9.17, 15) is 22.8 Å². The predicted octanol–water partition coefficient (Wildman–Crippen LogP) is 4.51. The molecule has 7 nitrogen and oxygen atoms in total. The average molecular weight is 517 g/mol.